The summed E-state index contributed by atoms with van der Waals surface area (Å²) in [6.45, 7) is 0.471. The third-order valence-corrected chi connectivity index (χ3v) is 7.53. The summed E-state index contributed by atoms with van der Waals surface area (Å²) in [5.74, 6) is -1.52. The average Bonchev–Trinajstić information content (AvgIpc) is 3.19. The van der Waals surface area contributed by atoms with Gasteiger partial charge in [0, 0.05) is 18.6 Å². The van der Waals surface area contributed by atoms with E-state index in [0.717, 1.165) is 0 Å². The van der Waals surface area contributed by atoms with Gasteiger partial charge in [-0.05, 0) is 72.8 Å². The van der Waals surface area contributed by atoms with Crippen LogP contribution < -0.4 is 16.0 Å². The predicted molar refractivity (Wildman–Crippen MR) is 181 cm³/mol. The summed E-state index contributed by atoms with van der Waals surface area (Å²) in [5, 5.41) is 21.0. The van der Waals surface area contributed by atoms with Crippen LogP contribution in [0.5, 0.6) is 0 Å². The number of hydrogen-bond donors (Lipinski definition) is 4. The Morgan fingerprint density at radius 2 is 0.780 bits per heavy atom. The highest BCUT2D eigenvalue weighted by atomic mass is 16.3. The van der Waals surface area contributed by atoms with Crippen molar-refractivity contribution in [3.05, 3.63) is 179 Å². The van der Waals surface area contributed by atoms with Crippen molar-refractivity contribution in [3.63, 3.8) is 0 Å². The Hall–Kier alpha value is -6.73. The molecule has 6 rings (SSSR count). The van der Waals surface area contributed by atoms with Crippen molar-refractivity contribution >= 4 is 17.7 Å². The number of carbonyl (C=O) groups is 3. The summed E-state index contributed by atoms with van der Waals surface area (Å²) in [4.78, 5) is 65.9. The van der Waals surface area contributed by atoms with Gasteiger partial charge in [0.2, 0.25) is 0 Å². The molecule has 0 aliphatic heterocycles. The molecule has 3 amide bonds. The molecule has 13 heteroatoms. The fraction of sp³-hybridized carbons (Fsp3) is 0.108. The molecule has 50 heavy (non-hydrogen) atoms. The van der Waals surface area contributed by atoms with Crippen LogP contribution in [-0.2, 0) is 25.2 Å². The molecule has 4 N–H and O–H groups in total. The Morgan fingerprint density at radius 3 is 1.06 bits per heavy atom. The third kappa shape index (κ3) is 7.86. The van der Waals surface area contributed by atoms with Crippen LogP contribution in [0.15, 0.2) is 128 Å². The summed E-state index contributed by atoms with van der Waals surface area (Å²) >= 11 is 0. The molecule has 248 valence electrons. The first kappa shape index (κ1) is 33.2. The van der Waals surface area contributed by atoms with Gasteiger partial charge in [0.1, 0.15) is 17.1 Å². The molecule has 0 fully saturated rings. The Balaban J connectivity index is 1.34. The fourth-order valence-electron chi connectivity index (χ4n) is 4.97. The van der Waals surface area contributed by atoms with Crippen LogP contribution in [0, 0.1) is 0 Å². The molecule has 0 bridgehead atoms. The van der Waals surface area contributed by atoms with Crippen molar-refractivity contribution in [3.8, 4) is 0 Å². The van der Waals surface area contributed by atoms with Crippen LogP contribution >= 0.6 is 0 Å². The normalized spacial score (nSPS) is 11.0. The molecule has 13 nitrogen and oxygen atoms in total. The van der Waals surface area contributed by atoms with Gasteiger partial charge in [-0.1, -0.05) is 36.4 Å². The summed E-state index contributed by atoms with van der Waals surface area (Å²) in [5.41, 5.74) is -0.290. The van der Waals surface area contributed by atoms with Gasteiger partial charge >= 0.3 is 0 Å². The maximum atomic E-state index is 13.2. The largest absolute Gasteiger partial charge is 0.372 e. The maximum Gasteiger partial charge on any atom is 0.270 e. The number of pyridine rings is 6. The Morgan fingerprint density at radius 1 is 0.460 bits per heavy atom. The van der Waals surface area contributed by atoms with E-state index in [1.165, 1.54) is 36.4 Å². The first-order chi connectivity index (χ1) is 24.4. The van der Waals surface area contributed by atoms with Gasteiger partial charge in [-0.25, -0.2) is 15.0 Å². The lowest BCUT2D eigenvalue weighted by Gasteiger charge is -2.27. The van der Waals surface area contributed by atoms with E-state index in [1.54, 1.807) is 73.2 Å². The summed E-state index contributed by atoms with van der Waals surface area (Å²) in [7, 11) is 0. The van der Waals surface area contributed by atoms with E-state index in [0.29, 0.717) is 17.1 Å². The van der Waals surface area contributed by atoms with Gasteiger partial charge in [0.05, 0.1) is 53.8 Å². The standard InChI is InChI=1S/C37H31N9O4/c47-34(41-22-25-10-1-4-19-38-25)28-13-7-16-31(44-28)37(50,32-17-8-14-29(45-32)35(48)42-23-26-11-2-5-20-39-26)33-18-9-15-30(46-33)36(49)43-24-27-12-3-6-21-40-27/h1-21,50H,22-24H2,(H,41,47)(H,42,48)(H,43,49). The number of rotatable bonds is 12. The molecule has 0 unspecified atom stereocenters. The van der Waals surface area contributed by atoms with Crippen molar-refractivity contribution in [2.24, 2.45) is 0 Å². The minimum Gasteiger partial charge on any atom is -0.372 e. The van der Waals surface area contributed by atoms with E-state index in [2.05, 4.69) is 45.9 Å². The van der Waals surface area contributed by atoms with E-state index in [1.807, 2.05) is 18.2 Å². The van der Waals surface area contributed by atoms with Gasteiger partial charge in [0.25, 0.3) is 17.7 Å². The van der Waals surface area contributed by atoms with Crippen LogP contribution in [0.1, 0.15) is 65.6 Å². The first-order valence-corrected chi connectivity index (χ1v) is 15.6. The van der Waals surface area contributed by atoms with E-state index in [4.69, 9.17) is 0 Å². The third-order valence-electron chi connectivity index (χ3n) is 7.53. The zero-order chi connectivity index (χ0) is 34.8. The Labute approximate surface area is 287 Å². The number of amides is 3. The second kappa shape index (κ2) is 15.4. The van der Waals surface area contributed by atoms with Crippen molar-refractivity contribution in [1.29, 1.82) is 0 Å². The van der Waals surface area contributed by atoms with E-state index < -0.39 is 23.3 Å². The molecule has 0 saturated heterocycles. The minimum atomic E-state index is -2.22. The molecule has 6 heterocycles. The lowest BCUT2D eigenvalue weighted by atomic mass is 9.89. The number of nitrogens with zero attached hydrogens (tertiary/aromatic N) is 6. The van der Waals surface area contributed by atoms with Crippen LogP contribution in [0.25, 0.3) is 0 Å². The second-order valence-electron chi connectivity index (χ2n) is 10.9. The second-order valence-corrected chi connectivity index (χ2v) is 10.9. The van der Waals surface area contributed by atoms with E-state index in [9.17, 15) is 19.5 Å². The first-order valence-electron chi connectivity index (χ1n) is 15.6. The van der Waals surface area contributed by atoms with E-state index >= 15 is 0 Å². The van der Waals surface area contributed by atoms with Crippen LogP contribution in [-0.4, -0.2) is 52.7 Å². The monoisotopic (exact) mass is 665 g/mol. The van der Waals surface area contributed by atoms with Gasteiger partial charge in [-0.3, -0.25) is 29.3 Å². The van der Waals surface area contributed by atoms with Gasteiger partial charge in [-0.15, -0.1) is 0 Å². The molecular formula is C37H31N9O4. The smallest absolute Gasteiger partial charge is 0.270 e. The number of hydrogen-bond acceptors (Lipinski definition) is 10. The summed E-state index contributed by atoms with van der Waals surface area (Å²) < 4.78 is 0. The highest BCUT2D eigenvalue weighted by molar-refractivity contribution is 5.93. The van der Waals surface area contributed by atoms with Crippen molar-refractivity contribution < 1.29 is 19.5 Å². The number of nitrogens with one attached hydrogen (secondary N) is 3. The molecular weight excluding hydrogens is 634 g/mol. The quantitative estimate of drug-likeness (QED) is 0.151. The summed E-state index contributed by atoms with van der Waals surface area (Å²) in [6.07, 6.45) is 4.88. The Kier molecular flexibility index (Phi) is 10.3. The van der Waals surface area contributed by atoms with Gasteiger partial charge in [0.15, 0.2) is 5.60 Å². The van der Waals surface area contributed by atoms with Crippen LogP contribution in [0.3, 0.4) is 0 Å². The molecule has 0 radical (unpaired) electrons. The van der Waals surface area contributed by atoms with Crippen molar-refractivity contribution in [1.82, 2.24) is 45.9 Å². The van der Waals surface area contributed by atoms with Crippen molar-refractivity contribution in [2.75, 3.05) is 0 Å². The summed E-state index contributed by atoms with van der Waals surface area (Å²) in [6, 6.07) is 29.8. The molecule has 0 aliphatic rings. The van der Waals surface area contributed by atoms with Crippen LogP contribution in [0.2, 0.25) is 0 Å². The maximum absolute atomic E-state index is 13.2. The highest BCUT2D eigenvalue weighted by Gasteiger charge is 2.40. The molecule has 0 atom stereocenters. The van der Waals surface area contributed by atoms with Crippen LogP contribution in [0.4, 0.5) is 0 Å². The zero-order valence-electron chi connectivity index (χ0n) is 26.6. The van der Waals surface area contributed by atoms with Gasteiger partial charge in [-0.2, -0.15) is 0 Å². The molecule has 0 aliphatic carbocycles. The number of aromatic nitrogens is 6. The van der Waals surface area contributed by atoms with Crippen molar-refractivity contribution in [2.45, 2.75) is 25.2 Å². The predicted octanol–water partition coefficient (Wildman–Crippen LogP) is 3.13. The number of carbonyl (C=O) groups excluding carboxylic acids is 3. The number of aliphatic hydroxyl groups is 1. The molecule has 0 spiro atoms. The topological polar surface area (TPSA) is 185 Å². The lowest BCUT2D eigenvalue weighted by molar-refractivity contribution is 0.0937. The van der Waals surface area contributed by atoms with E-state index in [-0.39, 0.29) is 53.8 Å². The fourth-order valence-corrected chi connectivity index (χ4v) is 4.97. The highest BCUT2D eigenvalue weighted by Crippen LogP contribution is 2.34. The minimum absolute atomic E-state index is 0.00498. The average molecular weight is 666 g/mol. The Bertz CT molecular complexity index is 1860. The SMILES string of the molecule is O=C(NCc1ccccn1)c1cccc(C(O)(c2cccc(C(=O)NCc3ccccn3)n2)c2cccc(C(=O)NCc3ccccn3)n2)n1. The molecule has 0 aromatic carbocycles. The molecule has 6 aromatic rings. The zero-order valence-corrected chi connectivity index (χ0v) is 26.6. The van der Waals surface area contributed by atoms with Gasteiger partial charge < -0.3 is 21.1 Å². The molecule has 6 aromatic heterocycles. The lowest BCUT2D eigenvalue weighted by Crippen LogP contribution is -2.35. The molecule has 0 saturated carbocycles.